The first-order chi connectivity index (χ1) is 13.1. The Morgan fingerprint density at radius 2 is 2.15 bits per heavy atom. The number of allylic oxidation sites excluding steroid dienone is 1. The number of rotatable bonds is 10. The molecule has 1 atom stereocenters. The monoisotopic (exact) mass is 386 g/mol. The maximum absolute atomic E-state index is 11.9. The quantitative estimate of drug-likeness (QED) is 0.500. The van der Waals surface area contributed by atoms with Gasteiger partial charge in [0, 0.05) is 12.6 Å². The predicted octanol–water partition coefficient (Wildman–Crippen LogP) is 3.54. The zero-order chi connectivity index (χ0) is 19.2. The highest BCUT2D eigenvalue weighted by atomic mass is 32.2. The molecule has 1 saturated carbocycles. The van der Waals surface area contributed by atoms with Gasteiger partial charge in [0.15, 0.2) is 17.1 Å². The van der Waals surface area contributed by atoms with Gasteiger partial charge in [-0.2, -0.15) is 0 Å². The van der Waals surface area contributed by atoms with Crippen molar-refractivity contribution in [2.45, 2.75) is 57.0 Å². The minimum absolute atomic E-state index is 0.0394. The summed E-state index contributed by atoms with van der Waals surface area (Å²) in [6.07, 6.45) is 4.70. The summed E-state index contributed by atoms with van der Waals surface area (Å²) < 4.78 is 7.99. The molecule has 1 amide bonds. The summed E-state index contributed by atoms with van der Waals surface area (Å²) in [5.74, 6) is 1.89. The number of thioether (sulfide) groups is 1. The van der Waals surface area contributed by atoms with Gasteiger partial charge in [0.05, 0.1) is 5.75 Å². The van der Waals surface area contributed by atoms with Crippen LogP contribution >= 0.6 is 11.8 Å². The lowest BCUT2D eigenvalue weighted by molar-refractivity contribution is -0.118. The molecule has 1 aromatic carbocycles. The third kappa shape index (κ3) is 5.35. The van der Waals surface area contributed by atoms with Gasteiger partial charge in [-0.1, -0.05) is 36.9 Å². The van der Waals surface area contributed by atoms with Crippen LogP contribution in [0, 0.1) is 0 Å². The number of carbonyl (C=O) groups excluding carboxylic acids is 1. The number of aryl methyl sites for hydroxylation is 1. The van der Waals surface area contributed by atoms with E-state index in [0.717, 1.165) is 30.8 Å². The molecule has 0 radical (unpaired) electrons. The molecular weight excluding hydrogens is 360 g/mol. The molecule has 1 aromatic heterocycles. The first kappa shape index (κ1) is 19.5. The van der Waals surface area contributed by atoms with E-state index in [-0.39, 0.29) is 12.0 Å². The normalized spacial score (nSPS) is 14.6. The average Bonchev–Trinajstić information content (AvgIpc) is 3.39. The topological polar surface area (TPSA) is 69.0 Å². The van der Waals surface area contributed by atoms with E-state index in [1.54, 1.807) is 6.08 Å². The molecule has 0 saturated heterocycles. The fraction of sp³-hybridized carbons (Fsp3) is 0.450. The fourth-order valence-corrected chi connectivity index (χ4v) is 3.46. The van der Waals surface area contributed by atoms with E-state index in [9.17, 15) is 4.79 Å². The number of hydrogen-bond acceptors (Lipinski definition) is 5. The predicted molar refractivity (Wildman–Crippen MR) is 107 cm³/mol. The van der Waals surface area contributed by atoms with Crippen molar-refractivity contribution in [3.8, 4) is 5.75 Å². The smallest absolute Gasteiger partial charge is 0.230 e. The Bertz CT molecular complexity index is 784. The molecule has 1 heterocycles. The molecule has 27 heavy (non-hydrogen) atoms. The van der Waals surface area contributed by atoms with E-state index in [1.807, 2.05) is 23.6 Å². The molecule has 3 rings (SSSR count). The number of aromatic nitrogens is 3. The van der Waals surface area contributed by atoms with Crippen molar-refractivity contribution in [1.82, 2.24) is 20.1 Å². The van der Waals surface area contributed by atoms with E-state index in [4.69, 9.17) is 4.74 Å². The number of carbonyl (C=O) groups is 1. The van der Waals surface area contributed by atoms with Gasteiger partial charge in [-0.25, -0.2) is 0 Å². The van der Waals surface area contributed by atoms with Gasteiger partial charge in [0.25, 0.3) is 0 Å². The van der Waals surface area contributed by atoms with Crippen LogP contribution in [-0.4, -0.2) is 32.5 Å². The zero-order valence-corrected chi connectivity index (χ0v) is 16.7. The second-order valence-electron chi connectivity index (χ2n) is 6.63. The summed E-state index contributed by atoms with van der Waals surface area (Å²) >= 11 is 1.39. The summed E-state index contributed by atoms with van der Waals surface area (Å²) in [6, 6.07) is 8.45. The van der Waals surface area contributed by atoms with Crippen molar-refractivity contribution < 1.29 is 9.53 Å². The van der Waals surface area contributed by atoms with Crippen LogP contribution in [0.5, 0.6) is 5.75 Å². The summed E-state index contributed by atoms with van der Waals surface area (Å²) in [6.45, 7) is 8.46. The summed E-state index contributed by atoms with van der Waals surface area (Å²) in [7, 11) is 0. The lowest BCUT2D eigenvalue weighted by Gasteiger charge is -2.16. The first-order valence-electron chi connectivity index (χ1n) is 9.32. The number of ether oxygens (including phenoxy) is 1. The number of amides is 1. The van der Waals surface area contributed by atoms with E-state index >= 15 is 0 Å². The Balaban J connectivity index is 1.66. The lowest BCUT2D eigenvalue weighted by Crippen LogP contribution is -2.27. The second-order valence-corrected chi connectivity index (χ2v) is 7.57. The van der Waals surface area contributed by atoms with Crippen molar-refractivity contribution in [3.05, 3.63) is 48.3 Å². The van der Waals surface area contributed by atoms with Crippen molar-refractivity contribution in [2.75, 3.05) is 5.75 Å². The van der Waals surface area contributed by atoms with Crippen molar-refractivity contribution in [2.24, 2.45) is 0 Å². The average molecular weight is 387 g/mol. The minimum Gasteiger partial charge on any atom is -0.483 e. The Morgan fingerprint density at radius 3 is 2.78 bits per heavy atom. The van der Waals surface area contributed by atoms with Gasteiger partial charge in [-0.05, 0) is 43.9 Å². The van der Waals surface area contributed by atoms with Gasteiger partial charge in [0.1, 0.15) is 5.75 Å². The molecule has 1 aliphatic rings. The molecule has 2 aromatic rings. The molecule has 0 spiro atoms. The van der Waals surface area contributed by atoms with Gasteiger partial charge < -0.3 is 10.1 Å². The first-order valence-corrected chi connectivity index (χ1v) is 10.3. The number of nitrogens with one attached hydrogen (secondary N) is 1. The fourth-order valence-electron chi connectivity index (χ4n) is 2.70. The maximum Gasteiger partial charge on any atom is 0.230 e. The molecule has 7 heteroatoms. The van der Waals surface area contributed by atoms with Crippen molar-refractivity contribution in [3.63, 3.8) is 0 Å². The Morgan fingerprint density at radius 1 is 1.41 bits per heavy atom. The van der Waals surface area contributed by atoms with Crippen LogP contribution in [0.25, 0.3) is 0 Å². The molecule has 0 bridgehead atoms. The van der Waals surface area contributed by atoms with Crippen LogP contribution < -0.4 is 10.1 Å². The molecule has 0 aliphatic heterocycles. The summed E-state index contributed by atoms with van der Waals surface area (Å²) in [5, 5.41) is 12.2. The van der Waals surface area contributed by atoms with Crippen molar-refractivity contribution in [1.29, 1.82) is 0 Å². The van der Waals surface area contributed by atoms with Crippen LogP contribution in [0.4, 0.5) is 0 Å². The van der Waals surface area contributed by atoms with Gasteiger partial charge in [-0.15, -0.1) is 16.8 Å². The number of benzene rings is 1. The molecule has 6 nitrogen and oxygen atoms in total. The Hall–Kier alpha value is -2.28. The SMILES string of the molecule is C=CCn1c(SCC(=O)NC2CC2)nnc1C(C)Oc1ccc(CC)cc1. The number of hydrogen-bond donors (Lipinski definition) is 1. The molecular formula is C20H26N4O2S. The van der Waals surface area contributed by atoms with Crippen LogP contribution in [0.1, 0.15) is 44.2 Å². The molecule has 1 N–H and O–H groups in total. The van der Waals surface area contributed by atoms with Crippen LogP contribution in [0.15, 0.2) is 42.1 Å². The van der Waals surface area contributed by atoms with Gasteiger partial charge in [0.2, 0.25) is 5.91 Å². The molecule has 144 valence electrons. The van der Waals surface area contributed by atoms with E-state index < -0.39 is 0 Å². The van der Waals surface area contributed by atoms with Gasteiger partial charge >= 0.3 is 0 Å². The third-order valence-corrected chi connectivity index (χ3v) is 5.31. The highest BCUT2D eigenvalue weighted by Crippen LogP contribution is 2.25. The second kappa shape index (κ2) is 9.08. The molecule has 1 fully saturated rings. The highest BCUT2D eigenvalue weighted by molar-refractivity contribution is 7.99. The third-order valence-electron chi connectivity index (χ3n) is 4.34. The van der Waals surface area contributed by atoms with Crippen LogP contribution in [-0.2, 0) is 17.8 Å². The lowest BCUT2D eigenvalue weighted by atomic mass is 10.2. The largest absolute Gasteiger partial charge is 0.483 e. The molecule has 1 unspecified atom stereocenters. The minimum atomic E-state index is -0.264. The van der Waals surface area contributed by atoms with E-state index in [1.165, 1.54) is 17.3 Å². The zero-order valence-electron chi connectivity index (χ0n) is 15.9. The van der Waals surface area contributed by atoms with Crippen molar-refractivity contribution >= 4 is 17.7 Å². The van der Waals surface area contributed by atoms with E-state index in [0.29, 0.717) is 23.5 Å². The number of nitrogens with zero attached hydrogens (tertiary/aromatic N) is 3. The Kier molecular flexibility index (Phi) is 6.55. The highest BCUT2D eigenvalue weighted by Gasteiger charge is 2.24. The maximum atomic E-state index is 11.9. The molecule has 1 aliphatic carbocycles. The standard InChI is InChI=1S/C20H26N4O2S/c1-4-12-24-19(14(3)26-17-10-6-15(5-2)7-11-17)22-23-20(24)27-13-18(25)21-16-8-9-16/h4,6-7,10-11,14,16H,1,5,8-9,12-13H2,2-3H3,(H,21,25). The summed E-state index contributed by atoms with van der Waals surface area (Å²) in [4.78, 5) is 11.9. The van der Waals surface area contributed by atoms with Crippen LogP contribution in [0.2, 0.25) is 0 Å². The van der Waals surface area contributed by atoms with E-state index in [2.05, 4.69) is 41.1 Å². The van der Waals surface area contributed by atoms with Crippen LogP contribution in [0.3, 0.4) is 0 Å². The van der Waals surface area contributed by atoms with Gasteiger partial charge in [-0.3, -0.25) is 9.36 Å². The Labute approximate surface area is 164 Å². The summed E-state index contributed by atoms with van der Waals surface area (Å²) in [5.41, 5.74) is 1.27.